The van der Waals surface area contributed by atoms with Crippen molar-refractivity contribution in [2.45, 2.75) is 26.7 Å². The number of pyridine rings is 1. The Hall–Kier alpha value is -3.02. The zero-order valence-corrected chi connectivity index (χ0v) is 14.2. The fourth-order valence-electron chi connectivity index (χ4n) is 2.78. The summed E-state index contributed by atoms with van der Waals surface area (Å²) in [4.78, 5) is 42.5. The van der Waals surface area contributed by atoms with E-state index in [0.29, 0.717) is 28.9 Å². The highest BCUT2D eigenvalue weighted by atomic mass is 16.2. The van der Waals surface area contributed by atoms with Crippen LogP contribution in [0, 0.1) is 6.92 Å². The number of nitrogens with one attached hydrogen (secondary N) is 1. The van der Waals surface area contributed by atoms with Crippen LogP contribution in [0.3, 0.4) is 0 Å². The van der Waals surface area contributed by atoms with Gasteiger partial charge < -0.3 is 5.32 Å². The average molecular weight is 337 g/mol. The number of imide groups is 1. The van der Waals surface area contributed by atoms with Crippen LogP contribution in [0.1, 0.15) is 56.5 Å². The maximum absolute atomic E-state index is 12.5. The molecule has 6 nitrogen and oxygen atoms in total. The lowest BCUT2D eigenvalue weighted by molar-refractivity contribution is 0.0652. The monoisotopic (exact) mass is 337 g/mol. The Morgan fingerprint density at radius 2 is 1.88 bits per heavy atom. The second-order valence-corrected chi connectivity index (χ2v) is 6.02. The van der Waals surface area contributed by atoms with Gasteiger partial charge in [-0.15, -0.1) is 0 Å². The molecule has 2 aromatic rings. The number of nitrogens with zero attached hydrogens (tertiary/aromatic N) is 2. The van der Waals surface area contributed by atoms with E-state index in [1.165, 1.54) is 11.0 Å². The third-order valence-corrected chi connectivity index (χ3v) is 4.12. The van der Waals surface area contributed by atoms with Gasteiger partial charge in [0.1, 0.15) is 0 Å². The van der Waals surface area contributed by atoms with E-state index >= 15 is 0 Å². The van der Waals surface area contributed by atoms with Crippen LogP contribution in [0.4, 0.5) is 5.69 Å². The Kier molecular flexibility index (Phi) is 4.61. The molecular weight excluding hydrogens is 318 g/mol. The van der Waals surface area contributed by atoms with E-state index in [9.17, 15) is 14.4 Å². The highest BCUT2D eigenvalue weighted by Crippen LogP contribution is 2.25. The zero-order chi connectivity index (χ0) is 18.0. The van der Waals surface area contributed by atoms with E-state index < -0.39 is 0 Å². The molecule has 1 aromatic heterocycles. The topological polar surface area (TPSA) is 79.4 Å². The molecule has 0 saturated heterocycles. The summed E-state index contributed by atoms with van der Waals surface area (Å²) in [5, 5.41) is 2.77. The summed E-state index contributed by atoms with van der Waals surface area (Å²) in [5.41, 5.74) is 2.41. The van der Waals surface area contributed by atoms with E-state index in [4.69, 9.17) is 0 Å². The lowest BCUT2D eigenvalue weighted by atomic mass is 10.1. The van der Waals surface area contributed by atoms with Gasteiger partial charge in [0.05, 0.1) is 11.1 Å². The van der Waals surface area contributed by atoms with Crippen molar-refractivity contribution in [1.29, 1.82) is 0 Å². The maximum Gasteiger partial charge on any atom is 0.261 e. The van der Waals surface area contributed by atoms with Crippen molar-refractivity contribution in [3.05, 3.63) is 58.9 Å². The minimum Gasteiger partial charge on any atom is -0.322 e. The average Bonchev–Trinajstić information content (AvgIpc) is 2.83. The molecule has 0 atom stereocenters. The Bertz CT molecular complexity index is 861. The van der Waals surface area contributed by atoms with Gasteiger partial charge in [0.25, 0.3) is 17.7 Å². The molecule has 6 heteroatoms. The van der Waals surface area contributed by atoms with Crippen LogP contribution in [-0.4, -0.2) is 34.2 Å². The Balaban J connectivity index is 1.83. The SMILES string of the molecule is CCCCN1C(=O)c2ccc(C(=O)Nc3ccnc(C)c3)cc2C1=O. The van der Waals surface area contributed by atoms with Crippen molar-refractivity contribution in [3.63, 3.8) is 0 Å². The number of fused-ring (bicyclic) bond motifs is 1. The third kappa shape index (κ3) is 3.28. The largest absolute Gasteiger partial charge is 0.322 e. The summed E-state index contributed by atoms with van der Waals surface area (Å²) < 4.78 is 0. The van der Waals surface area contributed by atoms with Gasteiger partial charge in [0, 0.05) is 29.7 Å². The van der Waals surface area contributed by atoms with Crippen LogP contribution >= 0.6 is 0 Å². The molecule has 1 N–H and O–H groups in total. The van der Waals surface area contributed by atoms with Crippen LogP contribution in [0.15, 0.2) is 36.5 Å². The third-order valence-electron chi connectivity index (χ3n) is 4.12. The lowest BCUT2D eigenvalue weighted by Gasteiger charge is -2.12. The van der Waals surface area contributed by atoms with Gasteiger partial charge in [-0.3, -0.25) is 24.3 Å². The Labute approximate surface area is 145 Å². The number of rotatable bonds is 5. The fourth-order valence-corrected chi connectivity index (χ4v) is 2.78. The maximum atomic E-state index is 12.5. The molecule has 0 bridgehead atoms. The van der Waals surface area contributed by atoms with Crippen LogP contribution in [0.5, 0.6) is 0 Å². The van der Waals surface area contributed by atoms with Crippen molar-refractivity contribution in [1.82, 2.24) is 9.88 Å². The molecule has 25 heavy (non-hydrogen) atoms. The van der Waals surface area contributed by atoms with Gasteiger partial charge in [0.2, 0.25) is 0 Å². The Morgan fingerprint density at radius 1 is 1.12 bits per heavy atom. The lowest BCUT2D eigenvalue weighted by Crippen LogP contribution is -2.30. The number of unbranched alkanes of at least 4 members (excludes halogenated alkanes) is 1. The molecular formula is C19H19N3O3. The number of amides is 3. The van der Waals surface area contributed by atoms with Crippen molar-refractivity contribution < 1.29 is 14.4 Å². The second-order valence-electron chi connectivity index (χ2n) is 6.02. The summed E-state index contributed by atoms with van der Waals surface area (Å²) >= 11 is 0. The van der Waals surface area contributed by atoms with Crippen LogP contribution in [0.2, 0.25) is 0 Å². The molecule has 128 valence electrons. The molecule has 0 radical (unpaired) electrons. The van der Waals surface area contributed by atoms with Crippen LogP contribution < -0.4 is 5.32 Å². The molecule has 0 saturated carbocycles. The number of benzene rings is 1. The molecule has 0 aliphatic carbocycles. The number of anilines is 1. The van der Waals surface area contributed by atoms with Gasteiger partial charge in [-0.2, -0.15) is 0 Å². The van der Waals surface area contributed by atoms with E-state index in [1.807, 2.05) is 13.8 Å². The molecule has 1 aliphatic heterocycles. The predicted molar refractivity (Wildman–Crippen MR) is 93.6 cm³/mol. The summed E-state index contributed by atoms with van der Waals surface area (Å²) in [6, 6.07) is 8.06. The second kappa shape index (κ2) is 6.84. The quantitative estimate of drug-likeness (QED) is 0.851. The summed E-state index contributed by atoms with van der Waals surface area (Å²) in [5.74, 6) is -0.950. The molecule has 2 heterocycles. The molecule has 3 rings (SSSR count). The number of hydrogen-bond donors (Lipinski definition) is 1. The predicted octanol–water partition coefficient (Wildman–Crippen LogP) is 3.04. The first-order chi connectivity index (χ1) is 12.0. The first-order valence-corrected chi connectivity index (χ1v) is 8.25. The van der Waals surface area contributed by atoms with E-state index in [-0.39, 0.29) is 17.7 Å². The van der Waals surface area contributed by atoms with Gasteiger partial charge >= 0.3 is 0 Å². The normalized spacial score (nSPS) is 13.1. The number of carbonyl (C=O) groups is 3. The zero-order valence-electron chi connectivity index (χ0n) is 14.2. The van der Waals surface area contributed by atoms with Gasteiger partial charge in [-0.1, -0.05) is 13.3 Å². The summed E-state index contributed by atoms with van der Waals surface area (Å²) in [6.45, 7) is 4.24. The fraction of sp³-hybridized carbons (Fsp3) is 0.263. The smallest absolute Gasteiger partial charge is 0.261 e. The van der Waals surface area contributed by atoms with E-state index in [2.05, 4.69) is 10.3 Å². The van der Waals surface area contributed by atoms with Crippen LogP contribution in [-0.2, 0) is 0 Å². The highest BCUT2D eigenvalue weighted by Gasteiger charge is 2.35. The minimum absolute atomic E-state index is 0.287. The minimum atomic E-state index is -0.333. The molecule has 1 aromatic carbocycles. The molecule has 0 fully saturated rings. The summed E-state index contributed by atoms with van der Waals surface area (Å²) in [7, 11) is 0. The van der Waals surface area contributed by atoms with Crippen molar-refractivity contribution in [2.75, 3.05) is 11.9 Å². The number of aryl methyl sites for hydroxylation is 1. The number of aromatic nitrogens is 1. The van der Waals surface area contributed by atoms with Crippen molar-refractivity contribution in [3.8, 4) is 0 Å². The van der Waals surface area contributed by atoms with E-state index in [1.54, 1.807) is 30.5 Å². The van der Waals surface area contributed by atoms with Gasteiger partial charge in [-0.05, 0) is 43.7 Å². The number of hydrogen-bond acceptors (Lipinski definition) is 4. The molecule has 0 unspecified atom stereocenters. The molecule has 0 spiro atoms. The summed E-state index contributed by atoms with van der Waals surface area (Å²) in [6.07, 6.45) is 3.27. The van der Waals surface area contributed by atoms with Crippen molar-refractivity contribution in [2.24, 2.45) is 0 Å². The van der Waals surface area contributed by atoms with E-state index in [0.717, 1.165) is 18.5 Å². The highest BCUT2D eigenvalue weighted by molar-refractivity contribution is 6.22. The number of carbonyl (C=O) groups excluding carboxylic acids is 3. The Morgan fingerprint density at radius 3 is 2.60 bits per heavy atom. The van der Waals surface area contributed by atoms with Crippen LogP contribution in [0.25, 0.3) is 0 Å². The standard InChI is InChI=1S/C19H19N3O3/c1-3-4-9-22-18(24)15-6-5-13(11-16(15)19(22)25)17(23)21-14-7-8-20-12(2)10-14/h5-8,10-11H,3-4,9H2,1-2H3,(H,20,21,23). The van der Waals surface area contributed by atoms with Crippen molar-refractivity contribution >= 4 is 23.4 Å². The molecule has 1 aliphatic rings. The first-order valence-electron chi connectivity index (χ1n) is 8.25. The van der Waals surface area contributed by atoms with Gasteiger partial charge in [-0.25, -0.2) is 0 Å². The van der Waals surface area contributed by atoms with Gasteiger partial charge in [0.15, 0.2) is 0 Å². The first kappa shape index (κ1) is 16.8. The molecule has 3 amide bonds.